The Bertz CT molecular complexity index is 683. The molecule has 3 nitrogen and oxygen atoms in total. The third-order valence-corrected chi connectivity index (χ3v) is 8.62. The normalized spacial score (nSPS) is 37.4. The number of fused-ring (bicyclic) bond motifs is 1. The molecular weight excluding hydrogens is 372 g/mol. The smallest absolute Gasteiger partial charge is 0.0849 e. The molecule has 3 fully saturated rings. The Morgan fingerprint density at radius 3 is 2.60 bits per heavy atom. The van der Waals surface area contributed by atoms with E-state index in [1.54, 1.807) is 19.4 Å². The molecule has 3 rings (SSSR count). The molecule has 0 bridgehead atoms. The van der Waals surface area contributed by atoms with Crippen LogP contribution in [-0.4, -0.2) is 33.1 Å². The zero-order chi connectivity index (χ0) is 22.1. The van der Waals surface area contributed by atoms with E-state index in [9.17, 15) is 15.3 Å². The third-order valence-electron chi connectivity index (χ3n) is 8.62. The van der Waals surface area contributed by atoms with Crippen molar-refractivity contribution in [2.45, 2.75) is 110 Å². The van der Waals surface area contributed by atoms with Gasteiger partial charge in [-0.1, -0.05) is 43.7 Å². The molecule has 3 aliphatic carbocycles. The molecule has 0 aromatic heterocycles. The van der Waals surface area contributed by atoms with Crippen molar-refractivity contribution in [1.82, 2.24) is 0 Å². The van der Waals surface area contributed by atoms with Gasteiger partial charge in [-0.15, -0.1) is 0 Å². The fourth-order valence-corrected chi connectivity index (χ4v) is 6.58. The molecule has 170 valence electrons. The molecule has 30 heavy (non-hydrogen) atoms. The summed E-state index contributed by atoms with van der Waals surface area (Å²) in [5.41, 5.74) is 3.34. The van der Waals surface area contributed by atoms with Crippen LogP contribution in [-0.2, 0) is 0 Å². The quantitative estimate of drug-likeness (QED) is 0.520. The first-order valence-corrected chi connectivity index (χ1v) is 12.2. The molecule has 3 N–H and O–H groups in total. The lowest BCUT2D eigenvalue weighted by molar-refractivity contribution is -0.0554. The maximum absolute atomic E-state index is 10.3. The molecular formula is C27H44O3. The van der Waals surface area contributed by atoms with Gasteiger partial charge in [0.1, 0.15) is 0 Å². The van der Waals surface area contributed by atoms with Crippen LogP contribution in [0.15, 0.2) is 35.5 Å². The molecule has 0 radical (unpaired) electrons. The van der Waals surface area contributed by atoms with E-state index >= 15 is 0 Å². The number of hydrogen-bond donors (Lipinski definition) is 3. The van der Waals surface area contributed by atoms with Gasteiger partial charge >= 0.3 is 0 Å². The number of aliphatic hydroxyl groups excluding tert-OH is 2. The molecule has 6 atom stereocenters. The van der Waals surface area contributed by atoms with Crippen molar-refractivity contribution in [2.24, 2.45) is 23.2 Å². The predicted molar refractivity (Wildman–Crippen MR) is 124 cm³/mol. The Morgan fingerprint density at radius 2 is 1.90 bits per heavy atom. The van der Waals surface area contributed by atoms with Crippen LogP contribution in [0, 0.1) is 23.2 Å². The Labute approximate surface area is 184 Å². The Hall–Kier alpha value is -0.900. The predicted octanol–water partition coefficient (Wildman–Crippen LogP) is 5.70. The van der Waals surface area contributed by atoms with Crippen LogP contribution in [0.3, 0.4) is 0 Å². The molecule has 0 amide bonds. The van der Waals surface area contributed by atoms with Crippen molar-refractivity contribution in [1.29, 1.82) is 0 Å². The van der Waals surface area contributed by atoms with E-state index in [-0.39, 0.29) is 6.10 Å². The summed E-state index contributed by atoms with van der Waals surface area (Å²) in [5, 5.41) is 30.3. The highest BCUT2D eigenvalue weighted by Gasteiger charge is 2.50. The highest BCUT2D eigenvalue weighted by atomic mass is 16.3. The minimum absolute atomic E-state index is 0.215. The maximum atomic E-state index is 10.3. The average molecular weight is 417 g/mol. The molecule has 0 heterocycles. The lowest BCUT2D eigenvalue weighted by atomic mass is 9.60. The second-order valence-corrected chi connectivity index (χ2v) is 11.3. The first-order valence-electron chi connectivity index (χ1n) is 12.2. The Balaban J connectivity index is 1.69. The van der Waals surface area contributed by atoms with Crippen molar-refractivity contribution in [3.05, 3.63) is 35.5 Å². The summed E-state index contributed by atoms with van der Waals surface area (Å²) in [6, 6.07) is 0. The van der Waals surface area contributed by atoms with Crippen molar-refractivity contribution in [2.75, 3.05) is 0 Å². The Kier molecular flexibility index (Phi) is 7.37. The number of hydrogen-bond acceptors (Lipinski definition) is 3. The topological polar surface area (TPSA) is 60.7 Å². The molecule has 0 saturated heterocycles. The van der Waals surface area contributed by atoms with Gasteiger partial charge in [-0.3, -0.25) is 0 Å². The summed E-state index contributed by atoms with van der Waals surface area (Å²) in [4.78, 5) is 0. The lowest BCUT2D eigenvalue weighted by Gasteiger charge is -2.44. The summed E-state index contributed by atoms with van der Waals surface area (Å²) in [7, 11) is 0. The van der Waals surface area contributed by atoms with Crippen molar-refractivity contribution < 1.29 is 15.3 Å². The SMILES string of the molecule is C=C1CC[C@H](O)C/C1=C/C=C1\CCC[C@@]2(C)C1CC[C@@H]2[C@H](C)CCC(O)C(C)(C)O. The van der Waals surface area contributed by atoms with Gasteiger partial charge < -0.3 is 15.3 Å². The van der Waals surface area contributed by atoms with E-state index in [4.69, 9.17) is 0 Å². The van der Waals surface area contributed by atoms with E-state index < -0.39 is 11.7 Å². The van der Waals surface area contributed by atoms with Crippen LogP contribution < -0.4 is 0 Å². The summed E-state index contributed by atoms with van der Waals surface area (Å²) < 4.78 is 0. The second-order valence-electron chi connectivity index (χ2n) is 11.3. The second kappa shape index (κ2) is 9.30. The van der Waals surface area contributed by atoms with Gasteiger partial charge in [0.25, 0.3) is 0 Å². The van der Waals surface area contributed by atoms with E-state index in [0.29, 0.717) is 29.6 Å². The molecule has 2 unspecified atom stereocenters. The van der Waals surface area contributed by atoms with Crippen molar-refractivity contribution >= 4 is 0 Å². The maximum Gasteiger partial charge on any atom is 0.0849 e. The fraction of sp³-hybridized carbons (Fsp3) is 0.778. The average Bonchev–Trinajstić information content (AvgIpc) is 3.03. The summed E-state index contributed by atoms with van der Waals surface area (Å²) in [5.74, 6) is 1.89. The summed E-state index contributed by atoms with van der Waals surface area (Å²) in [6.07, 6.45) is 14.1. The first-order chi connectivity index (χ1) is 14.0. The monoisotopic (exact) mass is 416 g/mol. The zero-order valence-corrected chi connectivity index (χ0v) is 19.7. The van der Waals surface area contributed by atoms with E-state index in [1.807, 2.05) is 0 Å². The van der Waals surface area contributed by atoms with Gasteiger partial charge in [0.15, 0.2) is 0 Å². The number of aliphatic hydroxyl groups is 3. The molecule has 3 heteroatoms. The van der Waals surface area contributed by atoms with E-state index in [2.05, 4.69) is 32.6 Å². The molecule has 0 aromatic carbocycles. The molecule has 0 aliphatic heterocycles. The highest BCUT2D eigenvalue weighted by Crippen LogP contribution is 2.60. The third kappa shape index (κ3) is 5.11. The zero-order valence-electron chi connectivity index (χ0n) is 19.7. The van der Waals surface area contributed by atoms with Crippen LogP contribution in [0.4, 0.5) is 0 Å². The van der Waals surface area contributed by atoms with E-state index in [0.717, 1.165) is 25.7 Å². The number of allylic oxidation sites excluding steroid dienone is 4. The van der Waals surface area contributed by atoms with Gasteiger partial charge in [0.2, 0.25) is 0 Å². The lowest BCUT2D eigenvalue weighted by Crippen LogP contribution is -2.38. The fourth-order valence-electron chi connectivity index (χ4n) is 6.58. The largest absolute Gasteiger partial charge is 0.393 e. The highest BCUT2D eigenvalue weighted by molar-refractivity contribution is 5.36. The van der Waals surface area contributed by atoms with Crippen LogP contribution in [0.5, 0.6) is 0 Å². The molecule has 3 saturated carbocycles. The first kappa shape index (κ1) is 23.8. The minimum Gasteiger partial charge on any atom is -0.393 e. The summed E-state index contributed by atoms with van der Waals surface area (Å²) in [6.45, 7) is 12.5. The van der Waals surface area contributed by atoms with Crippen molar-refractivity contribution in [3.63, 3.8) is 0 Å². The molecule has 0 spiro atoms. The van der Waals surface area contributed by atoms with Gasteiger partial charge in [-0.25, -0.2) is 0 Å². The summed E-state index contributed by atoms with van der Waals surface area (Å²) >= 11 is 0. The van der Waals surface area contributed by atoms with Crippen LogP contribution in [0.2, 0.25) is 0 Å². The van der Waals surface area contributed by atoms with Gasteiger partial charge in [-0.2, -0.15) is 0 Å². The van der Waals surface area contributed by atoms with Crippen LogP contribution in [0.1, 0.15) is 91.9 Å². The molecule has 3 aliphatic rings. The van der Waals surface area contributed by atoms with E-state index in [1.165, 1.54) is 43.3 Å². The molecule has 0 aromatic rings. The standard InChI is InChI=1S/C27H44O3/c1-18-8-12-22(28)17-21(18)11-10-20-7-6-16-27(5)23(13-14-24(20)27)19(2)9-15-25(29)26(3,4)30/h10-11,19,22-25,28-30H,1,6-9,12-17H2,2-5H3/b20-10+,21-11-/t19-,22+,23-,24?,25?,27-/m1/s1. The van der Waals surface area contributed by atoms with Crippen molar-refractivity contribution in [3.8, 4) is 0 Å². The van der Waals surface area contributed by atoms with Crippen LogP contribution >= 0.6 is 0 Å². The van der Waals surface area contributed by atoms with Gasteiger partial charge in [0.05, 0.1) is 17.8 Å². The minimum atomic E-state index is -1.02. The Morgan fingerprint density at radius 1 is 1.17 bits per heavy atom. The van der Waals surface area contributed by atoms with Crippen LogP contribution in [0.25, 0.3) is 0 Å². The van der Waals surface area contributed by atoms with Gasteiger partial charge in [0, 0.05) is 0 Å². The number of rotatable bonds is 6. The van der Waals surface area contributed by atoms with Gasteiger partial charge in [-0.05, 0) is 107 Å².